The van der Waals surface area contributed by atoms with Crippen molar-refractivity contribution in [1.82, 2.24) is 13.9 Å². The van der Waals surface area contributed by atoms with E-state index in [1.165, 1.54) is 0 Å². The van der Waals surface area contributed by atoms with Crippen LogP contribution in [0.15, 0.2) is 11.2 Å². The van der Waals surface area contributed by atoms with Crippen molar-refractivity contribution in [3.8, 4) is 0 Å². The van der Waals surface area contributed by atoms with E-state index in [0.717, 1.165) is 31.6 Å². The molecule has 0 bridgehead atoms. The molecule has 1 fully saturated rings. The van der Waals surface area contributed by atoms with Crippen molar-refractivity contribution >= 4 is 26.0 Å². The molecular weight excluding hydrogens is 330 g/mol. The molecular formula is C12H20BrN3O2S. The quantitative estimate of drug-likeness (QED) is 0.739. The van der Waals surface area contributed by atoms with Crippen LogP contribution in [0.25, 0.3) is 0 Å². The van der Waals surface area contributed by atoms with Gasteiger partial charge in [-0.2, -0.15) is 4.31 Å². The predicted octanol–water partition coefficient (Wildman–Crippen LogP) is 2.15. The molecule has 0 amide bonds. The van der Waals surface area contributed by atoms with Gasteiger partial charge in [0.1, 0.15) is 5.82 Å². The highest BCUT2D eigenvalue weighted by Crippen LogP contribution is 2.29. The van der Waals surface area contributed by atoms with Gasteiger partial charge in [-0.3, -0.25) is 0 Å². The molecule has 0 spiro atoms. The Balaban J connectivity index is 2.32. The maximum atomic E-state index is 12.7. The van der Waals surface area contributed by atoms with Gasteiger partial charge in [-0.05, 0) is 26.7 Å². The molecule has 7 heteroatoms. The highest BCUT2D eigenvalue weighted by Gasteiger charge is 2.35. The Morgan fingerprint density at radius 3 is 2.63 bits per heavy atom. The first-order valence-electron chi connectivity index (χ1n) is 6.62. The molecule has 2 rings (SSSR count). The summed E-state index contributed by atoms with van der Waals surface area (Å²) in [5, 5.41) is 0.829. The molecule has 1 heterocycles. The number of alkyl halides is 1. The Bertz CT molecular complexity index is 537. The van der Waals surface area contributed by atoms with Crippen molar-refractivity contribution in [3.63, 3.8) is 0 Å². The van der Waals surface area contributed by atoms with Gasteiger partial charge in [0, 0.05) is 30.7 Å². The fraction of sp³-hybridized carbons (Fsp3) is 0.750. The summed E-state index contributed by atoms with van der Waals surface area (Å²) in [6.45, 7) is 5.05. The molecule has 5 nitrogen and oxygen atoms in total. The standard InChI is InChI=1S/C12H20BrN3O2S/c1-3-15-9-12(14-10(15)2)19(17,18)16(8-7-13)11-5-4-6-11/h9,11H,3-8H2,1-2H3. The number of rotatable bonds is 6. The molecule has 1 saturated carbocycles. The number of imidazole rings is 1. The van der Waals surface area contributed by atoms with Crippen molar-refractivity contribution < 1.29 is 8.42 Å². The summed E-state index contributed by atoms with van der Waals surface area (Å²) in [7, 11) is -3.46. The molecule has 1 aliphatic rings. The minimum absolute atomic E-state index is 0.148. The monoisotopic (exact) mass is 349 g/mol. The lowest BCUT2D eigenvalue weighted by Gasteiger charge is -2.35. The summed E-state index contributed by atoms with van der Waals surface area (Å²) in [5.41, 5.74) is 0. The zero-order valence-electron chi connectivity index (χ0n) is 11.3. The first-order chi connectivity index (χ1) is 9.00. The molecule has 108 valence electrons. The number of hydrogen-bond acceptors (Lipinski definition) is 3. The number of aromatic nitrogens is 2. The Labute approximate surface area is 123 Å². The maximum absolute atomic E-state index is 12.7. The van der Waals surface area contributed by atoms with Gasteiger partial charge in [-0.15, -0.1) is 0 Å². The molecule has 1 aliphatic carbocycles. The van der Waals surface area contributed by atoms with Crippen LogP contribution in [-0.2, 0) is 16.6 Å². The highest BCUT2D eigenvalue weighted by atomic mass is 79.9. The van der Waals surface area contributed by atoms with Gasteiger partial charge in [-0.1, -0.05) is 22.4 Å². The molecule has 0 atom stereocenters. The van der Waals surface area contributed by atoms with E-state index in [1.54, 1.807) is 10.5 Å². The second kappa shape index (κ2) is 5.93. The number of sulfonamides is 1. The number of hydrogen-bond donors (Lipinski definition) is 0. The second-order valence-corrected chi connectivity index (χ2v) is 7.43. The Morgan fingerprint density at radius 2 is 2.21 bits per heavy atom. The van der Waals surface area contributed by atoms with Gasteiger partial charge in [-0.25, -0.2) is 13.4 Å². The van der Waals surface area contributed by atoms with E-state index in [2.05, 4.69) is 20.9 Å². The molecule has 0 aliphatic heterocycles. The zero-order valence-corrected chi connectivity index (χ0v) is 13.7. The maximum Gasteiger partial charge on any atom is 0.262 e. The zero-order chi connectivity index (χ0) is 14.0. The lowest BCUT2D eigenvalue weighted by Crippen LogP contribution is -2.45. The van der Waals surface area contributed by atoms with Crippen LogP contribution in [0.3, 0.4) is 0 Å². The van der Waals surface area contributed by atoms with Crippen LogP contribution in [0.2, 0.25) is 0 Å². The second-order valence-electron chi connectivity index (χ2n) is 4.80. The van der Waals surface area contributed by atoms with Gasteiger partial charge < -0.3 is 4.57 Å². The van der Waals surface area contributed by atoms with Crippen LogP contribution in [0.1, 0.15) is 32.0 Å². The summed E-state index contributed by atoms with van der Waals surface area (Å²) < 4.78 is 28.8. The van der Waals surface area contributed by atoms with E-state index < -0.39 is 10.0 Å². The lowest BCUT2D eigenvalue weighted by molar-refractivity contribution is 0.227. The van der Waals surface area contributed by atoms with Crippen molar-refractivity contribution in [2.45, 2.75) is 50.7 Å². The lowest BCUT2D eigenvalue weighted by atomic mass is 9.93. The molecule has 0 saturated heterocycles. The predicted molar refractivity (Wildman–Crippen MR) is 78.0 cm³/mol. The molecule has 0 aromatic carbocycles. The summed E-state index contributed by atoms with van der Waals surface area (Å²) in [5.74, 6) is 0.744. The fourth-order valence-electron chi connectivity index (χ4n) is 2.30. The van der Waals surface area contributed by atoms with E-state index in [1.807, 2.05) is 18.4 Å². The summed E-state index contributed by atoms with van der Waals surface area (Å²) in [6, 6.07) is 0.148. The number of halogens is 1. The smallest absolute Gasteiger partial charge is 0.262 e. The summed E-state index contributed by atoms with van der Waals surface area (Å²) >= 11 is 3.34. The van der Waals surface area contributed by atoms with Crippen molar-refractivity contribution in [2.24, 2.45) is 0 Å². The molecule has 1 aromatic rings. The van der Waals surface area contributed by atoms with Gasteiger partial charge >= 0.3 is 0 Å². The fourth-order valence-corrected chi connectivity index (χ4v) is 4.60. The average Bonchev–Trinajstić information content (AvgIpc) is 2.68. The average molecular weight is 350 g/mol. The molecule has 19 heavy (non-hydrogen) atoms. The Hall–Kier alpha value is -0.400. The van der Waals surface area contributed by atoms with Crippen LogP contribution in [-0.4, -0.2) is 40.2 Å². The summed E-state index contributed by atoms with van der Waals surface area (Å²) in [6.07, 6.45) is 4.67. The third kappa shape index (κ3) is 2.87. The molecule has 0 N–H and O–H groups in total. The van der Waals surface area contributed by atoms with Crippen LogP contribution in [0, 0.1) is 6.92 Å². The number of nitrogens with zero attached hydrogens (tertiary/aromatic N) is 3. The molecule has 0 unspecified atom stereocenters. The van der Waals surface area contributed by atoms with E-state index >= 15 is 0 Å². The van der Waals surface area contributed by atoms with Crippen molar-refractivity contribution in [2.75, 3.05) is 11.9 Å². The first kappa shape index (κ1) is 15.0. The summed E-state index contributed by atoms with van der Waals surface area (Å²) in [4.78, 5) is 4.22. The van der Waals surface area contributed by atoms with Crippen molar-refractivity contribution in [3.05, 3.63) is 12.0 Å². The Kier molecular flexibility index (Phi) is 4.68. The molecule has 0 radical (unpaired) electrons. The first-order valence-corrected chi connectivity index (χ1v) is 9.18. The minimum Gasteiger partial charge on any atom is -0.334 e. The van der Waals surface area contributed by atoms with Crippen molar-refractivity contribution in [1.29, 1.82) is 0 Å². The van der Waals surface area contributed by atoms with Gasteiger partial charge in [0.2, 0.25) is 0 Å². The third-order valence-electron chi connectivity index (χ3n) is 3.65. The van der Waals surface area contributed by atoms with Crippen LogP contribution in [0.5, 0.6) is 0 Å². The van der Waals surface area contributed by atoms with E-state index in [4.69, 9.17) is 0 Å². The SMILES string of the molecule is CCn1cc(S(=O)(=O)N(CCBr)C2CCC2)nc1C. The van der Waals surface area contributed by atoms with Gasteiger partial charge in [0.15, 0.2) is 5.03 Å². The topological polar surface area (TPSA) is 55.2 Å². The number of aryl methyl sites for hydroxylation is 2. The third-order valence-corrected chi connectivity index (χ3v) is 5.83. The highest BCUT2D eigenvalue weighted by molar-refractivity contribution is 9.09. The van der Waals surface area contributed by atoms with E-state index in [0.29, 0.717) is 11.9 Å². The van der Waals surface area contributed by atoms with Crippen LogP contribution < -0.4 is 0 Å². The normalized spacial score (nSPS) is 16.8. The van der Waals surface area contributed by atoms with E-state index in [9.17, 15) is 8.42 Å². The van der Waals surface area contributed by atoms with Gasteiger partial charge in [0.25, 0.3) is 10.0 Å². The minimum atomic E-state index is -3.46. The van der Waals surface area contributed by atoms with Gasteiger partial charge in [0.05, 0.1) is 0 Å². The Morgan fingerprint density at radius 1 is 1.53 bits per heavy atom. The van der Waals surface area contributed by atoms with Crippen LogP contribution in [0.4, 0.5) is 0 Å². The van der Waals surface area contributed by atoms with Crippen LogP contribution >= 0.6 is 15.9 Å². The van der Waals surface area contributed by atoms with E-state index in [-0.39, 0.29) is 11.1 Å². The molecule has 1 aromatic heterocycles. The largest absolute Gasteiger partial charge is 0.334 e.